The summed E-state index contributed by atoms with van der Waals surface area (Å²) in [5, 5.41) is 9.12. The number of rotatable bonds is 3. The van der Waals surface area contributed by atoms with Crippen LogP contribution in [0.15, 0.2) is 18.2 Å². The Morgan fingerprint density at radius 2 is 2.21 bits per heavy atom. The van der Waals surface area contributed by atoms with Crippen molar-refractivity contribution < 1.29 is 4.74 Å². The van der Waals surface area contributed by atoms with E-state index in [-0.39, 0.29) is 6.10 Å². The summed E-state index contributed by atoms with van der Waals surface area (Å²) in [6.45, 7) is 3.88. The standard InChI is InChI=1S/C11H12ClNO/c1-8(2)14-11-7-9(5-6-13)3-4-10(11)12/h3-4,7-8H,5H2,1-2H3. The smallest absolute Gasteiger partial charge is 0.138 e. The second-order valence-electron chi connectivity index (χ2n) is 3.27. The Balaban J connectivity index is 2.91. The van der Waals surface area contributed by atoms with Crippen LogP contribution in [0.1, 0.15) is 19.4 Å². The molecule has 0 aromatic heterocycles. The van der Waals surface area contributed by atoms with E-state index in [1.807, 2.05) is 26.0 Å². The van der Waals surface area contributed by atoms with Crippen LogP contribution in [-0.2, 0) is 6.42 Å². The van der Waals surface area contributed by atoms with Crippen LogP contribution in [0, 0.1) is 11.3 Å². The van der Waals surface area contributed by atoms with Crippen LogP contribution in [0.2, 0.25) is 5.02 Å². The van der Waals surface area contributed by atoms with Crippen molar-refractivity contribution in [3.8, 4) is 11.8 Å². The normalized spacial score (nSPS) is 9.93. The average Bonchev–Trinajstić information content (AvgIpc) is 2.10. The molecule has 0 fully saturated rings. The summed E-state index contributed by atoms with van der Waals surface area (Å²) >= 11 is 5.93. The maximum absolute atomic E-state index is 8.54. The molecular weight excluding hydrogens is 198 g/mol. The second kappa shape index (κ2) is 4.88. The molecule has 0 unspecified atom stereocenters. The van der Waals surface area contributed by atoms with E-state index in [9.17, 15) is 0 Å². The van der Waals surface area contributed by atoms with Crippen molar-refractivity contribution in [2.75, 3.05) is 0 Å². The molecular formula is C11H12ClNO. The predicted molar refractivity (Wildman–Crippen MR) is 56.5 cm³/mol. The summed E-state index contributed by atoms with van der Waals surface area (Å²) < 4.78 is 5.49. The lowest BCUT2D eigenvalue weighted by atomic mass is 10.1. The third-order valence-corrected chi connectivity index (χ3v) is 1.95. The van der Waals surface area contributed by atoms with Crippen LogP contribution in [0.4, 0.5) is 0 Å². The van der Waals surface area contributed by atoms with Crippen molar-refractivity contribution in [3.63, 3.8) is 0 Å². The predicted octanol–water partition coefficient (Wildman–Crippen LogP) is 3.19. The van der Waals surface area contributed by atoms with Gasteiger partial charge in [-0.25, -0.2) is 0 Å². The van der Waals surface area contributed by atoms with Crippen molar-refractivity contribution >= 4 is 11.6 Å². The summed E-state index contributed by atoms with van der Waals surface area (Å²) in [7, 11) is 0. The molecule has 0 aliphatic carbocycles. The SMILES string of the molecule is CC(C)Oc1cc(CC#N)ccc1Cl. The Labute approximate surface area is 89.1 Å². The third kappa shape index (κ3) is 2.93. The summed E-state index contributed by atoms with van der Waals surface area (Å²) in [5.74, 6) is 0.648. The van der Waals surface area contributed by atoms with E-state index in [1.165, 1.54) is 0 Å². The van der Waals surface area contributed by atoms with Gasteiger partial charge in [0.25, 0.3) is 0 Å². The van der Waals surface area contributed by atoms with Gasteiger partial charge in [-0.2, -0.15) is 5.26 Å². The fraction of sp³-hybridized carbons (Fsp3) is 0.364. The zero-order valence-electron chi connectivity index (χ0n) is 8.25. The molecule has 0 radical (unpaired) electrons. The van der Waals surface area contributed by atoms with E-state index in [4.69, 9.17) is 21.6 Å². The summed E-state index contributed by atoms with van der Waals surface area (Å²) in [4.78, 5) is 0. The molecule has 0 saturated heterocycles. The first-order chi connectivity index (χ1) is 6.63. The van der Waals surface area contributed by atoms with Crippen LogP contribution >= 0.6 is 11.6 Å². The minimum Gasteiger partial charge on any atom is -0.489 e. The number of ether oxygens (including phenoxy) is 1. The summed E-state index contributed by atoms with van der Waals surface area (Å²) in [6.07, 6.45) is 0.468. The number of halogens is 1. The lowest BCUT2D eigenvalue weighted by Gasteiger charge is -2.11. The zero-order valence-corrected chi connectivity index (χ0v) is 9.01. The van der Waals surface area contributed by atoms with Crippen LogP contribution in [-0.4, -0.2) is 6.10 Å². The molecule has 0 atom stereocenters. The highest BCUT2D eigenvalue weighted by atomic mass is 35.5. The molecule has 1 aromatic carbocycles. The molecule has 1 rings (SSSR count). The van der Waals surface area contributed by atoms with Crippen molar-refractivity contribution in [1.82, 2.24) is 0 Å². The van der Waals surface area contributed by atoms with E-state index >= 15 is 0 Å². The first-order valence-corrected chi connectivity index (χ1v) is 4.83. The molecule has 0 spiro atoms. The number of benzene rings is 1. The molecule has 0 bridgehead atoms. The van der Waals surface area contributed by atoms with Gasteiger partial charge in [-0.15, -0.1) is 0 Å². The van der Waals surface area contributed by atoms with Crippen molar-refractivity contribution in [1.29, 1.82) is 5.26 Å². The first-order valence-electron chi connectivity index (χ1n) is 4.45. The lowest BCUT2D eigenvalue weighted by molar-refractivity contribution is 0.242. The minimum atomic E-state index is 0.0878. The lowest BCUT2D eigenvalue weighted by Crippen LogP contribution is -2.06. The highest BCUT2D eigenvalue weighted by molar-refractivity contribution is 6.32. The third-order valence-electron chi connectivity index (χ3n) is 1.64. The molecule has 3 heteroatoms. The molecule has 74 valence electrons. The zero-order chi connectivity index (χ0) is 10.6. The van der Waals surface area contributed by atoms with Crippen molar-refractivity contribution in [3.05, 3.63) is 28.8 Å². The molecule has 0 amide bonds. The Kier molecular flexibility index (Phi) is 3.79. The van der Waals surface area contributed by atoms with Crippen molar-refractivity contribution in [2.24, 2.45) is 0 Å². The monoisotopic (exact) mass is 209 g/mol. The second-order valence-corrected chi connectivity index (χ2v) is 3.67. The van der Waals surface area contributed by atoms with Gasteiger partial charge in [-0.05, 0) is 31.5 Å². The average molecular weight is 210 g/mol. The van der Waals surface area contributed by atoms with Gasteiger partial charge >= 0.3 is 0 Å². The molecule has 0 saturated carbocycles. The molecule has 0 N–H and O–H groups in total. The van der Waals surface area contributed by atoms with Crippen LogP contribution in [0.25, 0.3) is 0 Å². The molecule has 0 heterocycles. The highest BCUT2D eigenvalue weighted by Crippen LogP contribution is 2.26. The van der Waals surface area contributed by atoms with E-state index in [2.05, 4.69) is 6.07 Å². The number of hydrogen-bond acceptors (Lipinski definition) is 2. The van der Waals surface area contributed by atoms with Gasteiger partial charge in [0.1, 0.15) is 5.75 Å². The number of nitrogens with zero attached hydrogens (tertiary/aromatic N) is 1. The summed E-state index contributed by atoms with van der Waals surface area (Å²) in [6, 6.07) is 7.48. The Bertz CT molecular complexity index is 355. The van der Waals surface area contributed by atoms with E-state index < -0.39 is 0 Å². The van der Waals surface area contributed by atoms with Gasteiger partial charge in [0, 0.05) is 0 Å². The minimum absolute atomic E-state index is 0.0878. The van der Waals surface area contributed by atoms with Gasteiger partial charge in [-0.3, -0.25) is 0 Å². The Hall–Kier alpha value is -1.20. The van der Waals surface area contributed by atoms with Gasteiger partial charge in [0.05, 0.1) is 23.6 Å². The van der Waals surface area contributed by atoms with Gasteiger partial charge in [0.2, 0.25) is 0 Å². The largest absolute Gasteiger partial charge is 0.489 e. The van der Waals surface area contributed by atoms with E-state index in [0.29, 0.717) is 17.2 Å². The molecule has 1 aromatic rings. The van der Waals surface area contributed by atoms with Crippen LogP contribution in [0.3, 0.4) is 0 Å². The fourth-order valence-electron chi connectivity index (χ4n) is 1.09. The van der Waals surface area contributed by atoms with E-state index in [0.717, 1.165) is 5.56 Å². The fourth-order valence-corrected chi connectivity index (χ4v) is 1.26. The Morgan fingerprint density at radius 3 is 2.79 bits per heavy atom. The van der Waals surface area contributed by atoms with Gasteiger partial charge in [0.15, 0.2) is 0 Å². The molecule has 0 aliphatic rings. The topological polar surface area (TPSA) is 33.0 Å². The van der Waals surface area contributed by atoms with E-state index in [1.54, 1.807) is 6.07 Å². The van der Waals surface area contributed by atoms with Gasteiger partial charge in [-0.1, -0.05) is 17.7 Å². The summed E-state index contributed by atoms with van der Waals surface area (Å²) in [5.41, 5.74) is 0.924. The number of nitriles is 1. The molecule has 0 aliphatic heterocycles. The molecule has 14 heavy (non-hydrogen) atoms. The highest BCUT2D eigenvalue weighted by Gasteiger charge is 2.04. The van der Waals surface area contributed by atoms with Crippen molar-refractivity contribution in [2.45, 2.75) is 26.4 Å². The van der Waals surface area contributed by atoms with Gasteiger partial charge < -0.3 is 4.74 Å². The maximum Gasteiger partial charge on any atom is 0.138 e. The maximum atomic E-state index is 8.54. The Morgan fingerprint density at radius 1 is 1.50 bits per heavy atom. The van der Waals surface area contributed by atoms with Crippen LogP contribution in [0.5, 0.6) is 5.75 Å². The number of hydrogen-bond donors (Lipinski definition) is 0. The molecule has 2 nitrogen and oxygen atoms in total. The van der Waals surface area contributed by atoms with Crippen LogP contribution < -0.4 is 4.74 Å². The quantitative estimate of drug-likeness (QED) is 0.766. The first kappa shape index (κ1) is 10.9.